The minimum absolute atomic E-state index is 0. The molecule has 0 unspecified atom stereocenters. The van der Waals surface area contributed by atoms with Crippen LogP contribution in [0.4, 0.5) is 0 Å². The molecule has 0 spiro atoms. The third kappa shape index (κ3) is 12.6. The Bertz CT molecular complexity index is 3280. The molecule has 12 nitrogen and oxygen atoms in total. The Balaban J connectivity index is 0.000000230. The number of nitrogens with one attached hydrogen (secondary N) is 3. The molecular weight excluding hydrogens is 1040 g/mol. The van der Waals surface area contributed by atoms with E-state index < -0.39 is 11.8 Å². The summed E-state index contributed by atoms with van der Waals surface area (Å²) in [6.07, 6.45) is 5.51. The van der Waals surface area contributed by atoms with Crippen LogP contribution in [0.25, 0.3) is 43.9 Å². The van der Waals surface area contributed by atoms with Gasteiger partial charge < -0.3 is 53.1 Å². The van der Waals surface area contributed by atoms with Gasteiger partial charge in [-0.15, -0.1) is 0 Å². The van der Waals surface area contributed by atoms with Gasteiger partial charge in [-0.05, 0) is 64.5 Å². The van der Waals surface area contributed by atoms with Crippen molar-refractivity contribution in [2.24, 2.45) is 0 Å². The zero-order chi connectivity index (χ0) is 50.0. The maximum Gasteiger partial charge on any atom is 2.00 e. The molecular formula is C57H48BrCl2MgN5O7. The number of hydrogen-bond acceptors (Lipinski definition) is 7. The second-order valence-corrected chi connectivity index (χ2v) is 16.8. The molecule has 11 rings (SSSR count). The van der Waals surface area contributed by atoms with Crippen molar-refractivity contribution in [1.82, 2.24) is 24.8 Å². The maximum absolute atomic E-state index is 13.5. The standard InChI is InChI=1S/C35H27N3O4.C15H13NO.C5H3Cl2NO2.C2H5.BrH.Mg/c1-38-34(39)32(28-18-36-30-16-24(12-14-26(28)30)41-20-22-8-4-2-5-9-22)33(35(38)40)29-19-37-31-17-25(13-15-27(29)31)42-21-23-10-6-3-7-11-23;1-2-4-12(5-3-1)11-17-14-7-6-13-8-9-16-15(13)10-14;1-8-4(9)2(6)3(7)5(8)10;1-2;;/h2-19,36-37H,20-21H2,1H3;1-10,16H,11H2;1H3;1H2,2H3;1H;/q;;;-1;;+2/p-1. The van der Waals surface area contributed by atoms with Gasteiger partial charge in [0.25, 0.3) is 23.6 Å². The van der Waals surface area contributed by atoms with E-state index in [0.717, 1.165) is 49.1 Å². The van der Waals surface area contributed by atoms with Crippen molar-refractivity contribution in [2.45, 2.75) is 26.7 Å². The second kappa shape index (κ2) is 25.5. The van der Waals surface area contributed by atoms with E-state index in [2.05, 4.69) is 46.1 Å². The van der Waals surface area contributed by atoms with E-state index in [-0.39, 0.29) is 61.9 Å². The summed E-state index contributed by atoms with van der Waals surface area (Å²) in [5.74, 6) is 0.552. The smallest absolute Gasteiger partial charge is 1.00 e. The van der Waals surface area contributed by atoms with Gasteiger partial charge in [-0.1, -0.05) is 114 Å². The van der Waals surface area contributed by atoms with E-state index >= 15 is 0 Å². The molecule has 9 aromatic rings. The van der Waals surface area contributed by atoms with Gasteiger partial charge in [-0.3, -0.25) is 29.0 Å². The Morgan fingerprint density at radius 3 is 1.19 bits per heavy atom. The van der Waals surface area contributed by atoms with E-state index in [1.54, 1.807) is 19.3 Å². The zero-order valence-electron chi connectivity index (χ0n) is 40.1. The number of carbonyl (C=O) groups is 4. The van der Waals surface area contributed by atoms with Gasteiger partial charge in [-0.2, -0.15) is 6.92 Å². The van der Waals surface area contributed by atoms with E-state index in [1.807, 2.05) is 134 Å². The van der Waals surface area contributed by atoms with Gasteiger partial charge in [0, 0.05) is 89.3 Å². The number of imide groups is 2. The Kier molecular flexibility index (Phi) is 19.3. The van der Waals surface area contributed by atoms with Gasteiger partial charge in [0.15, 0.2) is 0 Å². The topological polar surface area (TPSA) is 150 Å². The third-order valence-corrected chi connectivity index (χ3v) is 12.4. The fraction of sp³-hybridized carbons (Fsp3) is 0.105. The van der Waals surface area contributed by atoms with Gasteiger partial charge >= 0.3 is 23.1 Å². The Labute approximate surface area is 458 Å². The number of hydrogen-bond donors (Lipinski definition) is 3. The predicted octanol–water partition coefficient (Wildman–Crippen LogP) is 8.60. The van der Waals surface area contributed by atoms with Crippen LogP contribution in [-0.4, -0.2) is 85.5 Å². The monoisotopic (exact) mass is 1090 g/mol. The zero-order valence-corrected chi connectivity index (χ0v) is 44.6. The molecule has 0 fully saturated rings. The number of likely N-dealkylation sites (N-methyl/N-ethyl adjacent to an activating group) is 2. The molecule has 0 saturated carbocycles. The number of H-pyrrole nitrogens is 3. The van der Waals surface area contributed by atoms with Crippen LogP contribution in [0, 0.1) is 6.92 Å². The summed E-state index contributed by atoms with van der Waals surface area (Å²) < 4.78 is 17.7. The molecule has 2 aliphatic heterocycles. The van der Waals surface area contributed by atoms with Gasteiger partial charge in [0.05, 0.1) is 11.1 Å². The van der Waals surface area contributed by atoms with E-state index in [0.29, 0.717) is 53.6 Å². The first kappa shape index (κ1) is 55.2. The Morgan fingerprint density at radius 2 is 0.822 bits per heavy atom. The molecule has 3 N–H and O–H groups in total. The van der Waals surface area contributed by atoms with Gasteiger partial charge in [-0.25, -0.2) is 0 Å². The van der Waals surface area contributed by atoms with E-state index in [1.165, 1.54) is 29.9 Å². The molecule has 0 saturated heterocycles. The number of benzene rings is 6. The summed E-state index contributed by atoms with van der Waals surface area (Å²) in [6.45, 7) is 6.51. The quantitative estimate of drug-likeness (QED) is 0.0668. The fourth-order valence-electron chi connectivity index (χ4n) is 7.86. The van der Waals surface area contributed by atoms with Crippen LogP contribution in [0.15, 0.2) is 180 Å². The molecule has 0 aliphatic carbocycles. The summed E-state index contributed by atoms with van der Waals surface area (Å²) in [5.41, 5.74) is 8.16. The largest absolute Gasteiger partial charge is 2.00 e. The number of fused-ring (bicyclic) bond motifs is 3. The molecule has 4 amide bonds. The molecule has 6 aromatic carbocycles. The SMILES string of the molecule is CN1C(=O)C(Cl)=C(Cl)C1=O.CN1C(=O)C(c2c[nH]c3cc(OCc4ccccc4)ccc23)=C(c2c[nH]c3cc(OCc4ccccc4)ccc23)C1=O.[Br-].[CH2-]C.[Mg+2].c1ccc(COc2ccc3cc[nH]c3c2)cc1. The normalized spacial score (nSPS) is 13.0. The molecule has 366 valence electrons. The van der Waals surface area contributed by atoms with Crippen LogP contribution in [0.3, 0.4) is 0 Å². The van der Waals surface area contributed by atoms with Crippen molar-refractivity contribution in [2.75, 3.05) is 14.1 Å². The van der Waals surface area contributed by atoms with Crippen molar-refractivity contribution in [1.29, 1.82) is 0 Å². The summed E-state index contributed by atoms with van der Waals surface area (Å²) in [5, 5.41) is 2.48. The van der Waals surface area contributed by atoms with Gasteiger partial charge in [0.2, 0.25) is 0 Å². The molecule has 0 atom stereocenters. The van der Waals surface area contributed by atoms with Crippen LogP contribution < -0.4 is 31.2 Å². The minimum Gasteiger partial charge on any atom is -1.00 e. The summed E-state index contributed by atoms with van der Waals surface area (Å²) in [7, 11) is 2.84. The van der Waals surface area contributed by atoms with Crippen LogP contribution in [0.5, 0.6) is 17.2 Å². The summed E-state index contributed by atoms with van der Waals surface area (Å²) >= 11 is 10.7. The van der Waals surface area contributed by atoms with Crippen molar-refractivity contribution < 1.29 is 50.4 Å². The molecule has 2 aliphatic rings. The van der Waals surface area contributed by atoms with Crippen molar-refractivity contribution >= 4 is 114 Å². The fourth-order valence-corrected chi connectivity index (χ4v) is 8.27. The number of aromatic amines is 3. The van der Waals surface area contributed by atoms with Gasteiger partial charge in [0.1, 0.15) is 47.1 Å². The first-order valence-corrected chi connectivity index (χ1v) is 23.2. The minimum atomic E-state index is -0.545. The van der Waals surface area contributed by atoms with Crippen LogP contribution in [0.1, 0.15) is 34.7 Å². The molecule has 73 heavy (non-hydrogen) atoms. The number of carbonyl (C=O) groups excluding carboxylic acids is 4. The van der Waals surface area contributed by atoms with Crippen LogP contribution in [0.2, 0.25) is 0 Å². The van der Waals surface area contributed by atoms with Crippen LogP contribution in [-0.2, 0) is 39.0 Å². The summed E-state index contributed by atoms with van der Waals surface area (Å²) in [6, 6.07) is 49.7. The first-order chi connectivity index (χ1) is 34.5. The first-order valence-electron chi connectivity index (χ1n) is 22.5. The van der Waals surface area contributed by atoms with E-state index in [9.17, 15) is 19.2 Å². The molecule has 16 heteroatoms. The summed E-state index contributed by atoms with van der Waals surface area (Å²) in [4.78, 5) is 60.2. The number of nitrogens with zero attached hydrogens (tertiary/aromatic N) is 2. The number of amides is 4. The average Bonchev–Trinajstić information content (AvgIpc) is 4.24. The predicted molar refractivity (Wildman–Crippen MR) is 285 cm³/mol. The van der Waals surface area contributed by atoms with Crippen LogP contribution >= 0.6 is 23.2 Å². The number of halogens is 3. The molecule has 3 aromatic heterocycles. The van der Waals surface area contributed by atoms with E-state index in [4.69, 9.17) is 37.4 Å². The maximum atomic E-state index is 13.5. The molecule has 0 radical (unpaired) electrons. The number of aromatic nitrogens is 3. The molecule has 0 bridgehead atoms. The average molecular weight is 1090 g/mol. The van der Waals surface area contributed by atoms with Crippen molar-refractivity contribution in [3.8, 4) is 17.2 Å². The van der Waals surface area contributed by atoms with Crippen molar-refractivity contribution in [3.05, 3.63) is 215 Å². The number of rotatable bonds is 11. The number of ether oxygens (including phenoxy) is 3. The Morgan fingerprint density at radius 1 is 0.466 bits per heavy atom. The third-order valence-electron chi connectivity index (χ3n) is 11.6. The second-order valence-electron chi connectivity index (χ2n) is 16.1. The molecule has 5 heterocycles. The Hall–Kier alpha value is -7.07. The van der Waals surface area contributed by atoms with Crippen molar-refractivity contribution in [3.63, 3.8) is 0 Å².